The summed E-state index contributed by atoms with van der Waals surface area (Å²) in [6.07, 6.45) is -2.94. The van der Waals surface area contributed by atoms with E-state index in [0.717, 1.165) is 5.52 Å². The lowest BCUT2D eigenvalue weighted by molar-refractivity contribution is -0.170. The third kappa shape index (κ3) is 2.89. The molecule has 1 heterocycles. The molecular weight excluding hydrogens is 247 g/mol. The molecule has 3 nitrogen and oxygen atoms in total. The van der Waals surface area contributed by atoms with Crippen LogP contribution in [0.1, 0.15) is 10.4 Å². The molecule has 0 aliphatic rings. The highest BCUT2D eigenvalue weighted by Crippen LogP contribution is 2.19. The minimum Gasteiger partial charge on any atom is -0.364 e. The Labute approximate surface area is 101 Å². The summed E-state index contributed by atoms with van der Waals surface area (Å²) in [4.78, 5) is 14.6. The van der Waals surface area contributed by atoms with E-state index in [1.807, 2.05) is 0 Å². The average Bonchev–Trinajstić information content (AvgIpc) is 2.70. The largest absolute Gasteiger partial charge is 0.411 e. The number of hydrogen-bond acceptors (Lipinski definition) is 2. The van der Waals surface area contributed by atoms with Crippen LogP contribution in [0, 0.1) is 0 Å². The van der Waals surface area contributed by atoms with Gasteiger partial charge in [0, 0.05) is 22.7 Å². The summed E-state index contributed by atoms with van der Waals surface area (Å²) in [5.41, 5.74) is 1.10. The standard InChI is InChI=1S/C12H10F3NO2/c13-12(14,15)7-18-6-11(17)9-5-16-10-4-2-1-3-8(9)10/h1-5,16H,6-7H2. The molecular formula is C12H10F3NO2. The average molecular weight is 257 g/mol. The van der Waals surface area contributed by atoms with Crippen molar-refractivity contribution in [2.75, 3.05) is 13.2 Å². The third-order valence-electron chi connectivity index (χ3n) is 2.39. The second-order valence-electron chi connectivity index (χ2n) is 3.78. The number of nitrogens with one attached hydrogen (secondary N) is 1. The van der Waals surface area contributed by atoms with E-state index in [1.54, 1.807) is 24.3 Å². The van der Waals surface area contributed by atoms with Gasteiger partial charge in [-0.2, -0.15) is 13.2 Å². The minimum atomic E-state index is -4.42. The van der Waals surface area contributed by atoms with Crippen molar-refractivity contribution in [3.8, 4) is 0 Å². The molecule has 1 N–H and O–H groups in total. The lowest BCUT2D eigenvalue weighted by atomic mass is 10.1. The maximum atomic E-state index is 11.9. The van der Waals surface area contributed by atoms with Gasteiger partial charge in [0.25, 0.3) is 0 Å². The van der Waals surface area contributed by atoms with Gasteiger partial charge in [-0.25, -0.2) is 0 Å². The molecule has 0 amide bonds. The molecule has 0 aliphatic carbocycles. The van der Waals surface area contributed by atoms with Gasteiger partial charge in [-0.1, -0.05) is 18.2 Å². The molecule has 0 bridgehead atoms. The molecule has 18 heavy (non-hydrogen) atoms. The summed E-state index contributed by atoms with van der Waals surface area (Å²) in [6, 6.07) is 7.06. The number of hydrogen-bond donors (Lipinski definition) is 1. The summed E-state index contributed by atoms with van der Waals surface area (Å²) in [5, 5.41) is 0.679. The van der Waals surface area contributed by atoms with Crippen LogP contribution in [-0.4, -0.2) is 30.2 Å². The van der Waals surface area contributed by atoms with Gasteiger partial charge >= 0.3 is 6.18 Å². The highest BCUT2D eigenvalue weighted by molar-refractivity contribution is 6.08. The predicted octanol–water partition coefficient (Wildman–Crippen LogP) is 2.93. The number of benzene rings is 1. The number of fused-ring (bicyclic) bond motifs is 1. The second kappa shape index (κ2) is 4.81. The fraction of sp³-hybridized carbons (Fsp3) is 0.250. The van der Waals surface area contributed by atoms with Crippen LogP contribution in [0.3, 0.4) is 0 Å². The van der Waals surface area contributed by atoms with E-state index in [0.29, 0.717) is 10.9 Å². The topological polar surface area (TPSA) is 42.1 Å². The molecule has 2 rings (SSSR count). The van der Waals surface area contributed by atoms with Gasteiger partial charge in [0.2, 0.25) is 0 Å². The maximum Gasteiger partial charge on any atom is 0.411 e. The predicted molar refractivity (Wildman–Crippen MR) is 59.5 cm³/mol. The number of ether oxygens (including phenoxy) is 1. The van der Waals surface area contributed by atoms with Gasteiger partial charge in [-0.3, -0.25) is 4.79 Å². The number of Topliss-reactive ketones (excluding diaryl/α,β-unsaturated/α-hetero) is 1. The molecule has 1 aromatic heterocycles. The molecule has 0 spiro atoms. The van der Waals surface area contributed by atoms with Crippen molar-refractivity contribution < 1.29 is 22.7 Å². The molecule has 0 fully saturated rings. The van der Waals surface area contributed by atoms with Crippen LogP contribution in [0.15, 0.2) is 30.5 Å². The zero-order valence-corrected chi connectivity index (χ0v) is 9.25. The summed E-state index contributed by atoms with van der Waals surface area (Å²) in [7, 11) is 0. The molecule has 0 radical (unpaired) electrons. The number of aromatic amines is 1. The highest BCUT2D eigenvalue weighted by atomic mass is 19.4. The molecule has 1 aromatic carbocycles. The fourth-order valence-corrected chi connectivity index (χ4v) is 1.64. The van der Waals surface area contributed by atoms with Crippen LogP contribution in [0.25, 0.3) is 10.9 Å². The Hall–Kier alpha value is -1.82. The van der Waals surface area contributed by atoms with Crippen molar-refractivity contribution in [1.82, 2.24) is 4.98 Å². The number of carbonyl (C=O) groups excluding carboxylic acids is 1. The fourth-order valence-electron chi connectivity index (χ4n) is 1.64. The van der Waals surface area contributed by atoms with E-state index >= 15 is 0 Å². The molecule has 96 valence electrons. The lowest BCUT2D eigenvalue weighted by Crippen LogP contribution is -2.20. The molecule has 0 aliphatic heterocycles. The van der Waals surface area contributed by atoms with E-state index in [2.05, 4.69) is 9.72 Å². The van der Waals surface area contributed by atoms with Crippen molar-refractivity contribution >= 4 is 16.7 Å². The minimum absolute atomic E-state index is 0.341. The Morgan fingerprint density at radius 1 is 1.28 bits per heavy atom. The lowest BCUT2D eigenvalue weighted by Gasteiger charge is -2.06. The zero-order valence-electron chi connectivity index (χ0n) is 9.25. The van der Waals surface area contributed by atoms with Gasteiger partial charge in [0.15, 0.2) is 5.78 Å². The Morgan fingerprint density at radius 3 is 2.72 bits per heavy atom. The van der Waals surface area contributed by atoms with Crippen LogP contribution in [0.5, 0.6) is 0 Å². The summed E-state index contributed by atoms with van der Waals surface area (Å²) in [5.74, 6) is -0.475. The summed E-state index contributed by atoms with van der Waals surface area (Å²) < 4.78 is 39.9. The van der Waals surface area contributed by atoms with Gasteiger partial charge in [0.1, 0.15) is 13.2 Å². The van der Waals surface area contributed by atoms with Gasteiger partial charge in [-0.05, 0) is 6.07 Å². The first-order valence-corrected chi connectivity index (χ1v) is 5.21. The van der Waals surface area contributed by atoms with Gasteiger partial charge in [0.05, 0.1) is 0 Å². The van der Waals surface area contributed by atoms with Gasteiger partial charge in [-0.15, -0.1) is 0 Å². The third-order valence-corrected chi connectivity index (χ3v) is 2.39. The van der Waals surface area contributed by atoms with Crippen LogP contribution in [-0.2, 0) is 4.74 Å². The first-order valence-electron chi connectivity index (χ1n) is 5.21. The smallest absolute Gasteiger partial charge is 0.364 e. The SMILES string of the molecule is O=C(COCC(F)(F)F)c1c[nH]c2ccccc12. The summed E-state index contributed by atoms with van der Waals surface area (Å²) in [6.45, 7) is -2.00. The van der Waals surface area contributed by atoms with E-state index in [9.17, 15) is 18.0 Å². The van der Waals surface area contributed by atoms with E-state index in [-0.39, 0.29) is 0 Å². The summed E-state index contributed by atoms with van der Waals surface area (Å²) >= 11 is 0. The van der Waals surface area contributed by atoms with E-state index in [4.69, 9.17) is 0 Å². The molecule has 0 atom stereocenters. The van der Waals surface area contributed by atoms with Crippen LogP contribution in [0.4, 0.5) is 13.2 Å². The highest BCUT2D eigenvalue weighted by Gasteiger charge is 2.28. The van der Waals surface area contributed by atoms with Crippen LogP contribution < -0.4 is 0 Å². The number of H-pyrrole nitrogens is 1. The molecule has 0 saturated carbocycles. The first kappa shape index (κ1) is 12.6. The van der Waals surface area contributed by atoms with Gasteiger partial charge < -0.3 is 9.72 Å². The zero-order chi connectivity index (χ0) is 13.2. The molecule has 0 saturated heterocycles. The normalized spacial score (nSPS) is 11.9. The Bertz CT molecular complexity index is 560. The monoisotopic (exact) mass is 257 g/mol. The van der Waals surface area contributed by atoms with Crippen LogP contribution >= 0.6 is 0 Å². The maximum absolute atomic E-state index is 11.9. The Kier molecular flexibility index (Phi) is 3.38. The number of ketones is 1. The second-order valence-corrected chi connectivity index (χ2v) is 3.78. The molecule has 2 aromatic rings. The van der Waals surface area contributed by atoms with Crippen molar-refractivity contribution in [3.05, 3.63) is 36.0 Å². The Morgan fingerprint density at radius 2 is 2.00 bits per heavy atom. The van der Waals surface area contributed by atoms with Crippen molar-refractivity contribution in [1.29, 1.82) is 0 Å². The number of carbonyl (C=O) groups is 1. The van der Waals surface area contributed by atoms with E-state index in [1.165, 1.54) is 6.20 Å². The van der Waals surface area contributed by atoms with Crippen molar-refractivity contribution in [2.45, 2.75) is 6.18 Å². The first-order chi connectivity index (χ1) is 8.47. The number of aromatic nitrogens is 1. The van der Waals surface area contributed by atoms with E-state index < -0.39 is 25.2 Å². The molecule has 0 unspecified atom stereocenters. The quantitative estimate of drug-likeness (QED) is 0.856. The number of halogens is 3. The number of para-hydroxylation sites is 1. The number of alkyl halides is 3. The molecule has 6 heteroatoms. The van der Waals surface area contributed by atoms with Crippen molar-refractivity contribution in [3.63, 3.8) is 0 Å². The van der Waals surface area contributed by atoms with Crippen molar-refractivity contribution in [2.24, 2.45) is 0 Å². The Balaban J connectivity index is 2.05. The number of rotatable bonds is 4. The van der Waals surface area contributed by atoms with Crippen LogP contribution in [0.2, 0.25) is 0 Å².